The standard InChI is InChI=1S/C16H19N3S/c1-11-8-13(3)15(9-12(11)2)19-16(20)18-10-14-6-4-5-7-17-14/h4-9H,10H2,1-3H3,(H2,18,19,20). The minimum atomic E-state index is 0.613. The van der Waals surface area contributed by atoms with Crippen molar-refractivity contribution in [3.05, 3.63) is 58.9 Å². The van der Waals surface area contributed by atoms with Crippen molar-refractivity contribution in [3.8, 4) is 0 Å². The Morgan fingerprint density at radius 2 is 1.85 bits per heavy atom. The van der Waals surface area contributed by atoms with Crippen molar-refractivity contribution in [1.82, 2.24) is 10.3 Å². The Balaban J connectivity index is 1.97. The van der Waals surface area contributed by atoms with Gasteiger partial charge in [-0.05, 0) is 67.9 Å². The lowest BCUT2D eigenvalue weighted by Crippen LogP contribution is -2.28. The van der Waals surface area contributed by atoms with Crippen LogP contribution in [-0.4, -0.2) is 10.1 Å². The summed E-state index contributed by atoms with van der Waals surface area (Å²) in [5.41, 5.74) is 5.75. The van der Waals surface area contributed by atoms with Gasteiger partial charge in [-0.2, -0.15) is 0 Å². The van der Waals surface area contributed by atoms with E-state index in [-0.39, 0.29) is 0 Å². The highest BCUT2D eigenvalue weighted by atomic mass is 32.1. The van der Waals surface area contributed by atoms with Crippen LogP contribution in [0.1, 0.15) is 22.4 Å². The molecule has 3 nitrogen and oxygen atoms in total. The third-order valence-corrected chi connectivity index (χ3v) is 3.49. The lowest BCUT2D eigenvalue weighted by Gasteiger charge is -2.14. The highest BCUT2D eigenvalue weighted by Gasteiger charge is 2.04. The molecule has 0 radical (unpaired) electrons. The van der Waals surface area contributed by atoms with Gasteiger partial charge in [0.25, 0.3) is 0 Å². The molecule has 0 fully saturated rings. The first-order valence-electron chi connectivity index (χ1n) is 6.59. The zero-order valence-electron chi connectivity index (χ0n) is 12.0. The predicted molar refractivity (Wildman–Crippen MR) is 88.0 cm³/mol. The van der Waals surface area contributed by atoms with Gasteiger partial charge in [-0.1, -0.05) is 12.1 Å². The minimum Gasteiger partial charge on any atom is -0.357 e. The lowest BCUT2D eigenvalue weighted by molar-refractivity contribution is 0.882. The molecule has 0 aliphatic rings. The summed E-state index contributed by atoms with van der Waals surface area (Å²) < 4.78 is 0. The second kappa shape index (κ2) is 6.48. The van der Waals surface area contributed by atoms with E-state index >= 15 is 0 Å². The number of aromatic nitrogens is 1. The van der Waals surface area contributed by atoms with Crippen LogP contribution >= 0.6 is 12.2 Å². The maximum Gasteiger partial charge on any atom is 0.171 e. The summed E-state index contributed by atoms with van der Waals surface area (Å²) in [6.45, 7) is 6.92. The Morgan fingerprint density at radius 1 is 1.10 bits per heavy atom. The summed E-state index contributed by atoms with van der Waals surface area (Å²) >= 11 is 5.32. The van der Waals surface area contributed by atoms with E-state index in [2.05, 4.69) is 48.5 Å². The molecule has 2 rings (SSSR count). The molecular formula is C16H19N3S. The van der Waals surface area contributed by atoms with Crippen LogP contribution in [0.5, 0.6) is 0 Å². The third kappa shape index (κ3) is 3.78. The number of nitrogens with zero attached hydrogens (tertiary/aromatic N) is 1. The van der Waals surface area contributed by atoms with Crippen LogP contribution in [-0.2, 0) is 6.54 Å². The van der Waals surface area contributed by atoms with Gasteiger partial charge in [-0.25, -0.2) is 0 Å². The normalized spacial score (nSPS) is 10.2. The molecule has 0 aliphatic carbocycles. The minimum absolute atomic E-state index is 0.613. The van der Waals surface area contributed by atoms with Crippen molar-refractivity contribution in [2.75, 3.05) is 5.32 Å². The number of pyridine rings is 1. The van der Waals surface area contributed by atoms with Gasteiger partial charge in [-0.15, -0.1) is 0 Å². The van der Waals surface area contributed by atoms with E-state index in [1.807, 2.05) is 18.2 Å². The predicted octanol–water partition coefficient (Wildman–Crippen LogP) is 3.49. The fourth-order valence-electron chi connectivity index (χ4n) is 1.94. The van der Waals surface area contributed by atoms with Crippen LogP contribution in [0.3, 0.4) is 0 Å². The van der Waals surface area contributed by atoms with Gasteiger partial charge in [0.1, 0.15) is 0 Å². The maximum atomic E-state index is 5.32. The number of thiocarbonyl (C=S) groups is 1. The van der Waals surface area contributed by atoms with E-state index in [1.54, 1.807) is 6.20 Å². The Bertz CT molecular complexity index is 609. The molecule has 2 aromatic rings. The van der Waals surface area contributed by atoms with Crippen LogP contribution in [0.2, 0.25) is 0 Å². The first-order chi connectivity index (χ1) is 9.56. The number of aryl methyl sites for hydroxylation is 3. The summed E-state index contributed by atoms with van der Waals surface area (Å²) in [5, 5.41) is 7.02. The molecule has 104 valence electrons. The average molecular weight is 285 g/mol. The number of hydrogen-bond donors (Lipinski definition) is 2. The Labute approximate surface area is 125 Å². The zero-order chi connectivity index (χ0) is 14.5. The van der Waals surface area contributed by atoms with E-state index in [0.29, 0.717) is 11.7 Å². The fraction of sp³-hybridized carbons (Fsp3) is 0.250. The summed E-state index contributed by atoms with van der Waals surface area (Å²) in [5.74, 6) is 0. The molecule has 1 aromatic carbocycles. The zero-order valence-corrected chi connectivity index (χ0v) is 12.8. The van der Waals surface area contributed by atoms with Crippen LogP contribution < -0.4 is 10.6 Å². The molecule has 0 amide bonds. The topological polar surface area (TPSA) is 37.0 Å². The van der Waals surface area contributed by atoms with E-state index in [0.717, 1.165) is 11.4 Å². The Morgan fingerprint density at radius 3 is 2.55 bits per heavy atom. The van der Waals surface area contributed by atoms with Crippen LogP contribution in [0.4, 0.5) is 5.69 Å². The number of nitrogens with one attached hydrogen (secondary N) is 2. The van der Waals surface area contributed by atoms with Crippen molar-refractivity contribution in [2.24, 2.45) is 0 Å². The number of benzene rings is 1. The van der Waals surface area contributed by atoms with E-state index in [1.165, 1.54) is 16.7 Å². The molecule has 0 bridgehead atoms. The second-order valence-electron chi connectivity index (χ2n) is 4.88. The van der Waals surface area contributed by atoms with Crippen molar-refractivity contribution >= 4 is 23.0 Å². The highest BCUT2D eigenvalue weighted by molar-refractivity contribution is 7.80. The SMILES string of the molecule is Cc1cc(C)c(NC(=S)NCc2ccccn2)cc1C. The summed E-state index contributed by atoms with van der Waals surface area (Å²) in [6.07, 6.45) is 1.78. The molecule has 2 N–H and O–H groups in total. The number of hydrogen-bond acceptors (Lipinski definition) is 2. The van der Waals surface area contributed by atoms with Gasteiger partial charge >= 0.3 is 0 Å². The van der Waals surface area contributed by atoms with E-state index in [4.69, 9.17) is 12.2 Å². The van der Waals surface area contributed by atoms with Gasteiger partial charge in [0.05, 0.1) is 12.2 Å². The monoisotopic (exact) mass is 285 g/mol. The van der Waals surface area contributed by atoms with Gasteiger partial charge in [0, 0.05) is 11.9 Å². The molecule has 0 unspecified atom stereocenters. The maximum absolute atomic E-state index is 5.32. The Hall–Kier alpha value is -1.94. The summed E-state index contributed by atoms with van der Waals surface area (Å²) in [4.78, 5) is 4.25. The largest absolute Gasteiger partial charge is 0.357 e. The first-order valence-corrected chi connectivity index (χ1v) is 6.99. The average Bonchev–Trinajstić information content (AvgIpc) is 2.44. The van der Waals surface area contributed by atoms with Crippen LogP contribution in [0.25, 0.3) is 0 Å². The summed E-state index contributed by atoms with van der Waals surface area (Å²) in [7, 11) is 0. The quantitative estimate of drug-likeness (QED) is 0.846. The molecule has 4 heteroatoms. The number of anilines is 1. The molecule has 0 saturated carbocycles. The fourth-order valence-corrected chi connectivity index (χ4v) is 2.12. The van der Waals surface area contributed by atoms with Gasteiger partial charge in [0.2, 0.25) is 0 Å². The summed E-state index contributed by atoms with van der Waals surface area (Å²) in [6, 6.07) is 10.1. The molecule has 1 aromatic heterocycles. The van der Waals surface area contributed by atoms with E-state index < -0.39 is 0 Å². The van der Waals surface area contributed by atoms with Gasteiger partial charge < -0.3 is 10.6 Å². The van der Waals surface area contributed by atoms with Gasteiger partial charge in [0.15, 0.2) is 5.11 Å². The molecule has 1 heterocycles. The van der Waals surface area contributed by atoms with Crippen molar-refractivity contribution in [1.29, 1.82) is 0 Å². The van der Waals surface area contributed by atoms with Crippen molar-refractivity contribution < 1.29 is 0 Å². The highest BCUT2D eigenvalue weighted by Crippen LogP contribution is 2.19. The van der Waals surface area contributed by atoms with Crippen molar-refractivity contribution in [2.45, 2.75) is 27.3 Å². The molecule has 0 atom stereocenters. The lowest BCUT2D eigenvalue weighted by atomic mass is 10.1. The molecule has 0 spiro atoms. The molecular weight excluding hydrogens is 266 g/mol. The smallest absolute Gasteiger partial charge is 0.171 e. The number of rotatable bonds is 3. The first kappa shape index (κ1) is 14.5. The van der Waals surface area contributed by atoms with Crippen molar-refractivity contribution in [3.63, 3.8) is 0 Å². The third-order valence-electron chi connectivity index (χ3n) is 3.25. The van der Waals surface area contributed by atoms with Crippen LogP contribution in [0.15, 0.2) is 36.5 Å². The second-order valence-corrected chi connectivity index (χ2v) is 5.29. The van der Waals surface area contributed by atoms with Crippen LogP contribution in [0, 0.1) is 20.8 Å². The molecule has 0 saturated heterocycles. The molecule has 0 aliphatic heterocycles. The van der Waals surface area contributed by atoms with E-state index in [9.17, 15) is 0 Å². The Kier molecular flexibility index (Phi) is 4.69. The molecule has 20 heavy (non-hydrogen) atoms. The van der Waals surface area contributed by atoms with Gasteiger partial charge in [-0.3, -0.25) is 4.98 Å².